The van der Waals surface area contributed by atoms with Crippen molar-refractivity contribution in [2.75, 3.05) is 18.8 Å². The molecule has 0 radical (unpaired) electrons. The van der Waals surface area contributed by atoms with Crippen LogP contribution in [0.25, 0.3) is 0 Å². The number of amides is 2. The Kier molecular flexibility index (Phi) is 5.34. The fourth-order valence-electron chi connectivity index (χ4n) is 3.16. The van der Waals surface area contributed by atoms with Crippen LogP contribution in [-0.4, -0.2) is 45.6 Å². The maximum Gasteiger partial charge on any atom is 0.254 e. The number of thioether (sulfide) groups is 1. The van der Waals surface area contributed by atoms with Crippen molar-refractivity contribution in [3.8, 4) is 0 Å². The number of carbonyl (C=O) groups excluding carboxylic acids is 2. The average molecular weight is 422 g/mol. The zero-order valence-corrected chi connectivity index (χ0v) is 16.9. The van der Waals surface area contributed by atoms with Crippen molar-refractivity contribution in [1.29, 1.82) is 0 Å². The van der Waals surface area contributed by atoms with Crippen LogP contribution in [0.3, 0.4) is 0 Å². The summed E-state index contributed by atoms with van der Waals surface area (Å²) in [5.41, 5.74) is 2.20. The molecule has 1 unspecified atom stereocenters. The third kappa shape index (κ3) is 3.27. The van der Waals surface area contributed by atoms with Gasteiger partial charge >= 0.3 is 0 Å². The first-order valence-electron chi connectivity index (χ1n) is 8.27. The largest absolute Gasteiger partial charge is 0.339 e. The highest BCUT2D eigenvalue weighted by atomic mass is 79.9. The summed E-state index contributed by atoms with van der Waals surface area (Å²) in [4.78, 5) is 33.7. The Hall–Kier alpha value is -1.60. The molecule has 2 aliphatic heterocycles. The maximum atomic E-state index is 13.2. The zero-order chi connectivity index (χ0) is 18.1. The number of nitrogens with zero attached hydrogens (tertiary/aromatic N) is 3. The van der Waals surface area contributed by atoms with E-state index in [2.05, 4.69) is 20.9 Å². The zero-order valence-electron chi connectivity index (χ0n) is 14.5. The van der Waals surface area contributed by atoms with Gasteiger partial charge in [0.15, 0.2) is 5.17 Å². The molecule has 1 saturated heterocycles. The summed E-state index contributed by atoms with van der Waals surface area (Å²) < 4.78 is 0.959. The number of halogens is 1. The number of amidine groups is 1. The van der Waals surface area contributed by atoms with E-state index in [1.54, 1.807) is 9.80 Å². The van der Waals surface area contributed by atoms with E-state index in [0.29, 0.717) is 35.3 Å². The number of hydrogen-bond donors (Lipinski definition) is 0. The van der Waals surface area contributed by atoms with Gasteiger partial charge in [-0.2, -0.15) is 0 Å². The minimum atomic E-state index is -0.420. The molecule has 2 amide bonds. The molecule has 7 heteroatoms. The number of carbonyl (C=O) groups is 2. The van der Waals surface area contributed by atoms with Crippen LogP contribution in [0.4, 0.5) is 0 Å². The minimum absolute atomic E-state index is 0.00554. The van der Waals surface area contributed by atoms with Crippen molar-refractivity contribution in [2.24, 2.45) is 4.99 Å². The summed E-state index contributed by atoms with van der Waals surface area (Å²) in [5.74, 6) is 0.309. The molecule has 1 fully saturated rings. The summed E-state index contributed by atoms with van der Waals surface area (Å²) in [6.45, 7) is 7.02. The van der Waals surface area contributed by atoms with E-state index in [4.69, 9.17) is 0 Å². The van der Waals surface area contributed by atoms with E-state index in [9.17, 15) is 9.59 Å². The summed E-state index contributed by atoms with van der Waals surface area (Å²) >= 11 is 4.88. The van der Waals surface area contributed by atoms with Gasteiger partial charge in [0.05, 0.1) is 23.1 Å². The molecule has 0 bridgehead atoms. The van der Waals surface area contributed by atoms with Crippen LogP contribution in [0.1, 0.15) is 32.4 Å². The fraction of sp³-hybridized carbons (Fsp3) is 0.389. The topological polar surface area (TPSA) is 53.0 Å². The first-order chi connectivity index (χ1) is 12.0. The number of benzene rings is 1. The number of hydrogen-bond acceptors (Lipinski definition) is 4. The Morgan fingerprint density at radius 1 is 1.32 bits per heavy atom. The number of fused-ring (bicyclic) bond motifs is 1. The standard InChI is InChI=1S/C18H20BrN3O2S/c1-4-21(5-2)17(24)15-11(3)20-18-22(14(23)10-25-18)16(15)12-6-8-13(19)9-7-12/h6-9,16H,4-5,10H2,1-3H3. The van der Waals surface area contributed by atoms with Gasteiger partial charge in [0, 0.05) is 17.6 Å². The number of likely N-dealkylation sites (N-methyl/N-ethyl adjacent to an activating group) is 1. The Morgan fingerprint density at radius 2 is 1.96 bits per heavy atom. The Balaban J connectivity index is 2.14. The molecule has 3 rings (SSSR count). The molecule has 0 aliphatic carbocycles. The predicted molar refractivity (Wildman–Crippen MR) is 104 cm³/mol. The summed E-state index contributed by atoms with van der Waals surface area (Å²) in [5, 5.41) is 0.687. The highest BCUT2D eigenvalue weighted by Crippen LogP contribution is 2.41. The van der Waals surface area contributed by atoms with Crippen molar-refractivity contribution in [1.82, 2.24) is 9.80 Å². The van der Waals surface area contributed by atoms with Gasteiger partial charge in [0.2, 0.25) is 5.91 Å². The molecule has 5 nitrogen and oxygen atoms in total. The lowest BCUT2D eigenvalue weighted by Crippen LogP contribution is -2.43. The molecule has 0 saturated carbocycles. The molecule has 132 valence electrons. The summed E-state index contributed by atoms with van der Waals surface area (Å²) in [6, 6.07) is 7.36. The van der Waals surface area contributed by atoms with Crippen molar-refractivity contribution >= 4 is 44.7 Å². The van der Waals surface area contributed by atoms with Crippen LogP contribution in [0.5, 0.6) is 0 Å². The lowest BCUT2D eigenvalue weighted by Gasteiger charge is -2.35. The van der Waals surface area contributed by atoms with Crippen LogP contribution in [0, 0.1) is 0 Å². The monoisotopic (exact) mass is 421 g/mol. The lowest BCUT2D eigenvalue weighted by atomic mass is 9.93. The molecular formula is C18H20BrN3O2S. The Labute approximate surface area is 160 Å². The SMILES string of the molecule is CCN(CC)C(=O)C1=C(C)N=C2SCC(=O)N2C1c1ccc(Br)cc1. The van der Waals surface area contributed by atoms with E-state index in [0.717, 1.165) is 10.0 Å². The summed E-state index contributed by atoms with van der Waals surface area (Å²) in [7, 11) is 0. The number of rotatable bonds is 4. The van der Waals surface area contributed by atoms with Gasteiger partial charge < -0.3 is 4.90 Å². The first kappa shape index (κ1) is 18.2. The Bertz CT molecular complexity index is 769. The first-order valence-corrected chi connectivity index (χ1v) is 10.0. The quantitative estimate of drug-likeness (QED) is 0.746. The second kappa shape index (κ2) is 7.33. The lowest BCUT2D eigenvalue weighted by molar-refractivity contribution is -0.128. The van der Waals surface area contributed by atoms with Crippen molar-refractivity contribution in [3.05, 3.63) is 45.6 Å². The Morgan fingerprint density at radius 3 is 2.56 bits per heavy atom. The highest BCUT2D eigenvalue weighted by Gasteiger charge is 2.43. The molecular weight excluding hydrogens is 402 g/mol. The molecule has 0 N–H and O–H groups in total. The van der Waals surface area contributed by atoms with Gasteiger partial charge in [-0.15, -0.1) is 0 Å². The molecule has 0 aromatic heterocycles. The van der Waals surface area contributed by atoms with Gasteiger partial charge in [-0.25, -0.2) is 4.99 Å². The van der Waals surface area contributed by atoms with Crippen molar-refractivity contribution < 1.29 is 9.59 Å². The van der Waals surface area contributed by atoms with Gasteiger partial charge in [-0.05, 0) is 38.5 Å². The van der Waals surface area contributed by atoms with E-state index in [1.165, 1.54) is 11.8 Å². The van der Waals surface area contributed by atoms with E-state index < -0.39 is 6.04 Å². The molecule has 1 aromatic rings. The van der Waals surface area contributed by atoms with E-state index in [1.807, 2.05) is 45.0 Å². The van der Waals surface area contributed by atoms with Gasteiger partial charge in [-0.1, -0.05) is 39.8 Å². The molecule has 2 heterocycles. The van der Waals surface area contributed by atoms with E-state index >= 15 is 0 Å². The molecule has 0 spiro atoms. The van der Waals surface area contributed by atoms with Crippen LogP contribution in [-0.2, 0) is 9.59 Å². The minimum Gasteiger partial charge on any atom is -0.339 e. The second-order valence-electron chi connectivity index (χ2n) is 5.88. The van der Waals surface area contributed by atoms with Crippen LogP contribution in [0.2, 0.25) is 0 Å². The van der Waals surface area contributed by atoms with Gasteiger partial charge in [0.1, 0.15) is 0 Å². The molecule has 1 aromatic carbocycles. The fourth-order valence-corrected chi connectivity index (χ4v) is 4.36. The number of allylic oxidation sites excluding steroid dienone is 1. The molecule has 1 atom stereocenters. The van der Waals surface area contributed by atoms with Crippen LogP contribution < -0.4 is 0 Å². The van der Waals surface area contributed by atoms with Crippen molar-refractivity contribution in [3.63, 3.8) is 0 Å². The molecule has 2 aliphatic rings. The second-order valence-corrected chi connectivity index (χ2v) is 7.74. The van der Waals surface area contributed by atoms with Gasteiger partial charge in [0.25, 0.3) is 5.91 Å². The van der Waals surface area contributed by atoms with Gasteiger partial charge in [-0.3, -0.25) is 14.5 Å². The normalized spacial score (nSPS) is 19.8. The van der Waals surface area contributed by atoms with E-state index in [-0.39, 0.29) is 11.8 Å². The third-order valence-corrected chi connectivity index (χ3v) is 5.92. The third-order valence-electron chi connectivity index (χ3n) is 4.45. The highest BCUT2D eigenvalue weighted by molar-refractivity contribution is 9.10. The maximum absolute atomic E-state index is 13.2. The number of aliphatic imine (C=N–C) groups is 1. The van der Waals surface area contributed by atoms with Crippen LogP contribution >= 0.6 is 27.7 Å². The van der Waals surface area contributed by atoms with Crippen molar-refractivity contribution in [2.45, 2.75) is 26.8 Å². The van der Waals surface area contributed by atoms with Crippen LogP contribution in [0.15, 0.2) is 45.0 Å². The average Bonchev–Trinajstić information content (AvgIpc) is 2.96. The smallest absolute Gasteiger partial charge is 0.254 e. The predicted octanol–water partition coefficient (Wildman–Crippen LogP) is 3.58. The summed E-state index contributed by atoms with van der Waals surface area (Å²) in [6.07, 6.45) is 0. The molecule has 25 heavy (non-hydrogen) atoms.